The van der Waals surface area contributed by atoms with E-state index >= 15 is 0 Å². The minimum absolute atomic E-state index is 0.491. The Morgan fingerprint density at radius 1 is 0.426 bits per heavy atom. The monoisotopic (exact) mass is 778 g/mol. The number of anilines is 3. The van der Waals surface area contributed by atoms with Gasteiger partial charge in [0.25, 0.3) is 0 Å². The highest BCUT2D eigenvalue weighted by atomic mass is 15.1. The summed E-state index contributed by atoms with van der Waals surface area (Å²) in [4.78, 5) is 2.43. The topological polar surface area (TPSA) is 8.17 Å². The number of para-hydroxylation sites is 1. The zero-order chi connectivity index (χ0) is 40.3. The van der Waals surface area contributed by atoms with E-state index < -0.39 is 5.41 Å². The second-order valence-corrected chi connectivity index (χ2v) is 16.4. The highest BCUT2D eigenvalue weighted by Gasteiger charge is 2.46. The van der Waals surface area contributed by atoms with E-state index in [9.17, 15) is 0 Å². The molecule has 0 radical (unpaired) electrons. The number of hydrogen-bond donors (Lipinski definition) is 0. The number of rotatable bonds is 7. The van der Waals surface area contributed by atoms with Crippen molar-refractivity contribution in [2.75, 3.05) is 4.90 Å². The van der Waals surface area contributed by atoms with Gasteiger partial charge in [-0.05, 0) is 129 Å². The molecule has 0 aliphatic heterocycles. The van der Waals surface area contributed by atoms with Gasteiger partial charge in [0, 0.05) is 33.5 Å². The molecule has 0 saturated carbocycles. The molecule has 0 atom stereocenters. The highest BCUT2D eigenvalue weighted by molar-refractivity contribution is 6.11. The Morgan fingerprint density at radius 2 is 1.05 bits per heavy atom. The molecule has 9 aromatic carbocycles. The van der Waals surface area contributed by atoms with Crippen LogP contribution in [0.3, 0.4) is 0 Å². The van der Waals surface area contributed by atoms with E-state index in [1.165, 1.54) is 82.8 Å². The molecular formula is C59H42N2. The predicted octanol–water partition coefficient (Wildman–Crippen LogP) is 15.6. The van der Waals surface area contributed by atoms with Crippen LogP contribution in [0, 0.1) is 0 Å². The number of fused-ring (bicyclic) bond motifs is 7. The molecule has 12 rings (SSSR count). The molecule has 2 nitrogen and oxygen atoms in total. The average Bonchev–Trinajstić information content (AvgIpc) is 3.83. The van der Waals surface area contributed by atoms with E-state index in [-0.39, 0.29) is 0 Å². The van der Waals surface area contributed by atoms with Gasteiger partial charge in [-0.1, -0.05) is 170 Å². The second kappa shape index (κ2) is 14.3. The maximum Gasteiger partial charge on any atom is 0.0714 e. The van der Waals surface area contributed by atoms with Crippen molar-refractivity contribution in [3.05, 3.63) is 253 Å². The fourth-order valence-corrected chi connectivity index (χ4v) is 10.4. The fraction of sp³-hybridized carbons (Fsp3) is 0.0508. The van der Waals surface area contributed by atoms with Crippen LogP contribution in [0.4, 0.5) is 17.1 Å². The van der Waals surface area contributed by atoms with Crippen molar-refractivity contribution in [3.8, 4) is 22.3 Å². The first-order chi connectivity index (χ1) is 30.3. The van der Waals surface area contributed by atoms with E-state index in [4.69, 9.17) is 0 Å². The summed E-state index contributed by atoms with van der Waals surface area (Å²) < 4.78 is 2.46. The molecular weight excluding hydrogens is 737 g/mol. The molecule has 288 valence electrons. The van der Waals surface area contributed by atoms with Crippen LogP contribution in [0.15, 0.2) is 231 Å². The zero-order valence-corrected chi connectivity index (χ0v) is 33.7. The van der Waals surface area contributed by atoms with Crippen molar-refractivity contribution in [2.24, 2.45) is 0 Å². The quantitative estimate of drug-likeness (QED) is 0.156. The zero-order valence-electron chi connectivity index (χ0n) is 33.7. The Morgan fingerprint density at radius 3 is 1.84 bits per heavy atom. The van der Waals surface area contributed by atoms with Crippen LogP contribution in [-0.4, -0.2) is 4.57 Å². The molecule has 0 spiro atoms. The molecule has 0 N–H and O–H groups in total. The van der Waals surface area contributed by atoms with E-state index in [0.29, 0.717) is 0 Å². The Labute approximate surface area is 356 Å². The number of nitrogens with zero attached hydrogens (tertiary/aromatic N) is 2. The summed E-state index contributed by atoms with van der Waals surface area (Å²) in [5.74, 6) is 0. The molecule has 0 unspecified atom stereocenters. The van der Waals surface area contributed by atoms with E-state index in [0.717, 1.165) is 29.9 Å². The van der Waals surface area contributed by atoms with Crippen LogP contribution in [0.1, 0.15) is 35.1 Å². The van der Waals surface area contributed by atoms with Crippen LogP contribution in [0.25, 0.3) is 60.5 Å². The van der Waals surface area contributed by atoms with Gasteiger partial charge >= 0.3 is 0 Å². The molecule has 2 aliphatic carbocycles. The normalized spacial score (nSPS) is 13.9. The lowest BCUT2D eigenvalue weighted by molar-refractivity contribution is 0.768. The predicted molar refractivity (Wildman–Crippen MR) is 257 cm³/mol. The van der Waals surface area contributed by atoms with Gasteiger partial charge in [0.2, 0.25) is 0 Å². The third-order valence-corrected chi connectivity index (χ3v) is 13.1. The Bertz CT molecular complexity index is 3310. The second-order valence-electron chi connectivity index (χ2n) is 16.4. The van der Waals surface area contributed by atoms with Crippen LogP contribution in [0.5, 0.6) is 0 Å². The standard InChI is InChI=1S/C59H42N2/c1-4-18-45(19-5-1)59(46-20-6-2-7-21-46)55-26-14-12-24-51(55)52-36-35-50(40-56(52)59)60(49-34-30-41-16-10-11-17-43(41)38-49)48-32-28-42(29-33-48)44-31-37-58-54(39-44)53-25-13-15-27-57(53)61(58)47-22-8-3-9-23-47/h1-8,10-22,24-40H,9,23H2. The van der Waals surface area contributed by atoms with Crippen LogP contribution >= 0.6 is 0 Å². The van der Waals surface area contributed by atoms with Crippen molar-refractivity contribution in [1.29, 1.82) is 0 Å². The summed E-state index contributed by atoms with van der Waals surface area (Å²) in [7, 11) is 0. The number of hydrogen-bond acceptors (Lipinski definition) is 1. The Hall–Kier alpha value is -7.68. The lowest BCUT2D eigenvalue weighted by Crippen LogP contribution is -2.28. The van der Waals surface area contributed by atoms with Gasteiger partial charge < -0.3 is 9.47 Å². The Balaban J connectivity index is 1.02. The average molecular weight is 779 g/mol. The molecule has 61 heavy (non-hydrogen) atoms. The molecule has 0 bridgehead atoms. The fourth-order valence-electron chi connectivity index (χ4n) is 10.4. The van der Waals surface area contributed by atoms with Gasteiger partial charge in [0.15, 0.2) is 0 Å². The molecule has 0 fully saturated rings. The first kappa shape index (κ1) is 35.3. The van der Waals surface area contributed by atoms with E-state index in [1.807, 2.05) is 0 Å². The third kappa shape index (κ3) is 5.56. The van der Waals surface area contributed by atoms with Gasteiger partial charge in [0.1, 0.15) is 0 Å². The molecule has 1 heterocycles. The van der Waals surface area contributed by atoms with Crippen LogP contribution in [0.2, 0.25) is 0 Å². The molecule has 0 amide bonds. The van der Waals surface area contributed by atoms with Gasteiger partial charge in [-0.3, -0.25) is 0 Å². The largest absolute Gasteiger partial charge is 0.313 e. The maximum absolute atomic E-state index is 2.46. The first-order valence-corrected chi connectivity index (χ1v) is 21.4. The van der Waals surface area contributed by atoms with E-state index in [1.54, 1.807) is 0 Å². The highest BCUT2D eigenvalue weighted by Crippen LogP contribution is 2.57. The maximum atomic E-state index is 2.46. The van der Waals surface area contributed by atoms with Crippen LogP contribution < -0.4 is 4.90 Å². The van der Waals surface area contributed by atoms with Crippen molar-refractivity contribution >= 4 is 55.3 Å². The summed E-state index contributed by atoms with van der Waals surface area (Å²) >= 11 is 0. The SMILES string of the molecule is C1=CCCC(n2c3ccccc3c3cc(-c4ccc(N(c5ccc6c(c5)C(c5ccccc5)(c5ccccc5)c5ccccc5-6)c5ccc6ccccc6c5)cc4)ccc32)=C1. The number of allylic oxidation sites excluding steroid dienone is 4. The molecule has 2 aliphatic rings. The van der Waals surface area contributed by atoms with Crippen molar-refractivity contribution in [3.63, 3.8) is 0 Å². The summed E-state index contributed by atoms with van der Waals surface area (Å²) in [6.07, 6.45) is 8.83. The third-order valence-electron chi connectivity index (χ3n) is 13.1. The van der Waals surface area contributed by atoms with Gasteiger partial charge in [-0.2, -0.15) is 0 Å². The summed E-state index contributed by atoms with van der Waals surface area (Å²) in [5.41, 5.74) is 16.8. The minimum Gasteiger partial charge on any atom is -0.313 e. The van der Waals surface area contributed by atoms with Crippen molar-refractivity contribution in [2.45, 2.75) is 18.3 Å². The summed E-state index contributed by atoms with van der Waals surface area (Å²) in [6.45, 7) is 0. The van der Waals surface area contributed by atoms with Crippen molar-refractivity contribution < 1.29 is 0 Å². The summed E-state index contributed by atoms with van der Waals surface area (Å²) in [6, 6.07) is 78.7. The van der Waals surface area contributed by atoms with Crippen LogP contribution in [-0.2, 0) is 5.41 Å². The first-order valence-electron chi connectivity index (χ1n) is 21.4. The smallest absolute Gasteiger partial charge is 0.0714 e. The Kier molecular flexibility index (Phi) is 8.24. The van der Waals surface area contributed by atoms with Gasteiger partial charge in [-0.25, -0.2) is 0 Å². The number of benzene rings is 9. The number of aromatic nitrogens is 1. The summed E-state index contributed by atoms with van der Waals surface area (Å²) in [5, 5.41) is 5.01. The minimum atomic E-state index is -0.491. The van der Waals surface area contributed by atoms with E-state index in [2.05, 4.69) is 240 Å². The lowest BCUT2D eigenvalue weighted by atomic mass is 9.67. The lowest BCUT2D eigenvalue weighted by Gasteiger charge is -2.35. The van der Waals surface area contributed by atoms with Crippen molar-refractivity contribution in [1.82, 2.24) is 4.57 Å². The van der Waals surface area contributed by atoms with Gasteiger partial charge in [0.05, 0.1) is 16.4 Å². The molecule has 1 aromatic heterocycles. The van der Waals surface area contributed by atoms with Gasteiger partial charge in [-0.15, -0.1) is 0 Å². The molecule has 10 aromatic rings. The molecule has 2 heteroatoms. The molecule has 0 saturated heterocycles.